The van der Waals surface area contributed by atoms with Crippen LogP contribution >= 0.6 is 0 Å². The molecule has 1 N–H and O–H groups in total. The zero-order valence-corrected chi connectivity index (χ0v) is 12.6. The SMILES string of the molecule is CC(=O)N(CCNC(=O)c1ccc(F)c(F)c1)C1CCCC1. The zero-order valence-electron chi connectivity index (χ0n) is 12.6. The van der Waals surface area contributed by atoms with Crippen LogP contribution in [-0.2, 0) is 4.79 Å². The number of carbonyl (C=O) groups is 2. The normalized spacial score (nSPS) is 14.9. The first-order valence-electron chi connectivity index (χ1n) is 7.49. The van der Waals surface area contributed by atoms with Crippen LogP contribution in [-0.4, -0.2) is 35.8 Å². The van der Waals surface area contributed by atoms with Crippen LogP contribution in [0.1, 0.15) is 43.0 Å². The van der Waals surface area contributed by atoms with Gasteiger partial charge in [-0.15, -0.1) is 0 Å². The van der Waals surface area contributed by atoms with Gasteiger partial charge in [0.15, 0.2) is 11.6 Å². The van der Waals surface area contributed by atoms with Gasteiger partial charge in [0.2, 0.25) is 5.91 Å². The molecule has 6 heteroatoms. The monoisotopic (exact) mass is 310 g/mol. The average Bonchev–Trinajstić information content (AvgIpc) is 2.99. The quantitative estimate of drug-likeness (QED) is 0.908. The van der Waals surface area contributed by atoms with Crippen molar-refractivity contribution in [1.82, 2.24) is 10.2 Å². The number of nitrogens with one attached hydrogen (secondary N) is 1. The van der Waals surface area contributed by atoms with Crippen molar-refractivity contribution >= 4 is 11.8 Å². The van der Waals surface area contributed by atoms with E-state index in [4.69, 9.17) is 0 Å². The van der Waals surface area contributed by atoms with Crippen molar-refractivity contribution in [2.75, 3.05) is 13.1 Å². The molecule has 22 heavy (non-hydrogen) atoms. The molecule has 2 amide bonds. The fraction of sp³-hybridized carbons (Fsp3) is 0.500. The summed E-state index contributed by atoms with van der Waals surface area (Å²) in [7, 11) is 0. The average molecular weight is 310 g/mol. The minimum atomic E-state index is -1.05. The second-order valence-electron chi connectivity index (χ2n) is 5.54. The second kappa shape index (κ2) is 7.33. The van der Waals surface area contributed by atoms with Gasteiger partial charge in [-0.25, -0.2) is 8.78 Å². The first kappa shape index (κ1) is 16.4. The molecule has 1 saturated carbocycles. The van der Waals surface area contributed by atoms with E-state index in [9.17, 15) is 18.4 Å². The van der Waals surface area contributed by atoms with Crippen LogP contribution in [0.25, 0.3) is 0 Å². The summed E-state index contributed by atoms with van der Waals surface area (Å²) in [5.41, 5.74) is 0.0640. The molecule has 1 aliphatic rings. The molecular formula is C16H20F2N2O2. The summed E-state index contributed by atoms with van der Waals surface area (Å²) in [5.74, 6) is -2.52. The van der Waals surface area contributed by atoms with E-state index in [1.807, 2.05) is 0 Å². The van der Waals surface area contributed by atoms with E-state index in [0.717, 1.165) is 37.8 Å². The van der Waals surface area contributed by atoms with E-state index in [-0.39, 0.29) is 24.1 Å². The van der Waals surface area contributed by atoms with E-state index in [2.05, 4.69) is 5.32 Å². The molecule has 4 nitrogen and oxygen atoms in total. The highest BCUT2D eigenvalue weighted by Gasteiger charge is 2.24. The van der Waals surface area contributed by atoms with Crippen LogP contribution in [0.3, 0.4) is 0 Å². The van der Waals surface area contributed by atoms with Crippen molar-refractivity contribution in [3.63, 3.8) is 0 Å². The Morgan fingerprint density at radius 1 is 1.23 bits per heavy atom. The lowest BCUT2D eigenvalue weighted by Gasteiger charge is -2.27. The molecule has 0 spiro atoms. The summed E-state index contributed by atoms with van der Waals surface area (Å²) in [4.78, 5) is 25.3. The topological polar surface area (TPSA) is 49.4 Å². The summed E-state index contributed by atoms with van der Waals surface area (Å²) in [5, 5.41) is 2.63. The number of rotatable bonds is 5. The predicted octanol–water partition coefficient (Wildman–Crippen LogP) is 2.49. The van der Waals surface area contributed by atoms with Crippen molar-refractivity contribution in [2.45, 2.75) is 38.6 Å². The third-order valence-electron chi connectivity index (χ3n) is 3.99. The van der Waals surface area contributed by atoms with Gasteiger partial charge in [-0.2, -0.15) is 0 Å². The van der Waals surface area contributed by atoms with Crippen LogP contribution in [0.4, 0.5) is 8.78 Å². The lowest BCUT2D eigenvalue weighted by atomic mass is 10.2. The Kier molecular flexibility index (Phi) is 5.46. The largest absolute Gasteiger partial charge is 0.350 e. The van der Waals surface area contributed by atoms with Crippen LogP contribution in [0, 0.1) is 11.6 Å². The van der Waals surface area contributed by atoms with Crippen LogP contribution in [0.5, 0.6) is 0 Å². The maximum absolute atomic E-state index is 13.1. The third-order valence-corrected chi connectivity index (χ3v) is 3.99. The van der Waals surface area contributed by atoms with Gasteiger partial charge in [0.25, 0.3) is 5.91 Å². The highest BCUT2D eigenvalue weighted by Crippen LogP contribution is 2.23. The molecule has 2 rings (SSSR count). The minimum absolute atomic E-state index is 0.00558. The van der Waals surface area contributed by atoms with Gasteiger partial charge < -0.3 is 10.2 Å². The first-order chi connectivity index (χ1) is 10.5. The molecule has 1 fully saturated rings. The van der Waals surface area contributed by atoms with E-state index >= 15 is 0 Å². The molecule has 0 aliphatic heterocycles. The molecule has 120 valence electrons. The fourth-order valence-corrected chi connectivity index (χ4v) is 2.84. The minimum Gasteiger partial charge on any atom is -0.350 e. The number of benzene rings is 1. The Labute approximate surface area is 128 Å². The lowest BCUT2D eigenvalue weighted by Crippen LogP contribution is -2.42. The van der Waals surface area contributed by atoms with E-state index in [1.165, 1.54) is 13.0 Å². The van der Waals surface area contributed by atoms with E-state index in [1.54, 1.807) is 4.90 Å². The van der Waals surface area contributed by atoms with E-state index < -0.39 is 17.5 Å². The third kappa shape index (κ3) is 4.02. The maximum Gasteiger partial charge on any atom is 0.251 e. The highest BCUT2D eigenvalue weighted by molar-refractivity contribution is 5.94. The summed E-state index contributed by atoms with van der Waals surface area (Å²) >= 11 is 0. The Morgan fingerprint density at radius 2 is 1.91 bits per heavy atom. The summed E-state index contributed by atoms with van der Waals surface area (Å²) in [6, 6.07) is 3.26. The van der Waals surface area contributed by atoms with Crippen LogP contribution in [0.15, 0.2) is 18.2 Å². The number of carbonyl (C=O) groups excluding carboxylic acids is 2. The zero-order chi connectivity index (χ0) is 16.1. The molecule has 1 aromatic rings. The molecule has 0 atom stereocenters. The van der Waals surface area contributed by atoms with Crippen LogP contribution < -0.4 is 5.32 Å². The summed E-state index contributed by atoms with van der Waals surface area (Å²) in [6.07, 6.45) is 4.23. The number of hydrogen-bond acceptors (Lipinski definition) is 2. The molecule has 0 heterocycles. The number of amides is 2. The molecule has 0 saturated heterocycles. The number of halogens is 2. The van der Waals surface area contributed by atoms with Gasteiger partial charge >= 0.3 is 0 Å². The van der Waals surface area contributed by atoms with Crippen molar-refractivity contribution in [2.24, 2.45) is 0 Å². The predicted molar refractivity (Wildman–Crippen MR) is 78.3 cm³/mol. The lowest BCUT2D eigenvalue weighted by molar-refractivity contribution is -0.130. The van der Waals surface area contributed by atoms with E-state index in [0.29, 0.717) is 6.54 Å². The molecule has 0 radical (unpaired) electrons. The highest BCUT2D eigenvalue weighted by atomic mass is 19.2. The molecule has 0 aromatic heterocycles. The smallest absolute Gasteiger partial charge is 0.251 e. The Morgan fingerprint density at radius 3 is 2.50 bits per heavy atom. The molecule has 0 unspecified atom stereocenters. The maximum atomic E-state index is 13.1. The van der Waals surface area contributed by atoms with Crippen LogP contribution in [0.2, 0.25) is 0 Å². The molecule has 1 aliphatic carbocycles. The Hall–Kier alpha value is -1.98. The van der Waals surface area contributed by atoms with Crippen molar-refractivity contribution in [1.29, 1.82) is 0 Å². The Bertz CT molecular complexity index is 557. The van der Waals surface area contributed by atoms with Crippen molar-refractivity contribution < 1.29 is 18.4 Å². The molecular weight excluding hydrogens is 290 g/mol. The van der Waals surface area contributed by atoms with Crippen molar-refractivity contribution in [3.05, 3.63) is 35.4 Å². The molecule has 1 aromatic carbocycles. The number of hydrogen-bond donors (Lipinski definition) is 1. The van der Waals surface area contributed by atoms with Gasteiger partial charge in [-0.05, 0) is 31.0 Å². The van der Waals surface area contributed by atoms with Gasteiger partial charge in [-0.1, -0.05) is 12.8 Å². The summed E-state index contributed by atoms with van der Waals surface area (Å²) in [6.45, 7) is 2.23. The number of nitrogens with zero attached hydrogens (tertiary/aromatic N) is 1. The van der Waals surface area contributed by atoms with Gasteiger partial charge in [0.1, 0.15) is 0 Å². The standard InChI is InChI=1S/C16H20F2N2O2/c1-11(21)20(13-4-2-3-5-13)9-8-19-16(22)12-6-7-14(17)15(18)10-12/h6-7,10,13H,2-5,8-9H2,1H3,(H,19,22). The second-order valence-corrected chi connectivity index (χ2v) is 5.54. The van der Waals surface area contributed by atoms with Gasteiger partial charge in [-0.3, -0.25) is 9.59 Å². The molecule has 0 bridgehead atoms. The van der Waals surface area contributed by atoms with Gasteiger partial charge in [0.05, 0.1) is 0 Å². The van der Waals surface area contributed by atoms with Gasteiger partial charge in [0, 0.05) is 31.6 Å². The van der Waals surface area contributed by atoms with Crippen molar-refractivity contribution in [3.8, 4) is 0 Å². The fourth-order valence-electron chi connectivity index (χ4n) is 2.84. The Balaban J connectivity index is 1.87. The summed E-state index contributed by atoms with van der Waals surface area (Å²) < 4.78 is 25.9. The first-order valence-corrected chi connectivity index (χ1v) is 7.49.